The molecule has 2 aromatic rings. The van der Waals surface area contributed by atoms with Crippen molar-refractivity contribution >= 4 is 26.3 Å². The van der Waals surface area contributed by atoms with E-state index in [1.165, 1.54) is 18.0 Å². The van der Waals surface area contributed by atoms with Gasteiger partial charge in [0.25, 0.3) is 0 Å². The van der Waals surface area contributed by atoms with Gasteiger partial charge >= 0.3 is 0 Å². The standard InChI is InChI=1S/C17H21ClOSi/c1-2-3-9-17(18)20-16-12-10-15(11-13-16)19-14-7-5-4-6-8-14/h4-8,10-13,17H,2-3,9,20H2,1H3. The van der Waals surface area contributed by atoms with Crippen LogP contribution in [0.3, 0.4) is 0 Å². The minimum atomic E-state index is -0.384. The van der Waals surface area contributed by atoms with E-state index in [4.69, 9.17) is 16.3 Å². The fraction of sp³-hybridized carbons (Fsp3) is 0.294. The second-order valence-electron chi connectivity index (χ2n) is 5.00. The molecule has 2 aromatic carbocycles. The van der Waals surface area contributed by atoms with Crippen LogP contribution in [0.5, 0.6) is 11.5 Å². The second-order valence-corrected chi connectivity index (χ2v) is 8.35. The largest absolute Gasteiger partial charge is 0.457 e. The van der Waals surface area contributed by atoms with Gasteiger partial charge in [-0.1, -0.05) is 55.3 Å². The maximum atomic E-state index is 6.39. The van der Waals surface area contributed by atoms with Crippen LogP contribution in [-0.2, 0) is 0 Å². The van der Waals surface area contributed by atoms with Gasteiger partial charge in [0.15, 0.2) is 0 Å². The van der Waals surface area contributed by atoms with E-state index in [2.05, 4.69) is 19.1 Å². The summed E-state index contributed by atoms with van der Waals surface area (Å²) in [6.07, 6.45) is 3.60. The van der Waals surface area contributed by atoms with Crippen molar-refractivity contribution in [2.24, 2.45) is 0 Å². The molecule has 0 radical (unpaired) electrons. The molecule has 0 aromatic heterocycles. The summed E-state index contributed by atoms with van der Waals surface area (Å²) in [4.78, 5) is 0. The van der Waals surface area contributed by atoms with Crippen molar-refractivity contribution in [3.63, 3.8) is 0 Å². The molecule has 0 aliphatic heterocycles. The molecule has 0 saturated carbocycles. The molecular formula is C17H21ClOSi. The van der Waals surface area contributed by atoms with Gasteiger partial charge in [-0.3, -0.25) is 0 Å². The third-order valence-corrected chi connectivity index (χ3v) is 5.71. The molecule has 0 spiro atoms. The highest BCUT2D eigenvalue weighted by molar-refractivity contribution is 6.64. The van der Waals surface area contributed by atoms with E-state index in [0.717, 1.165) is 17.9 Å². The number of benzene rings is 2. The predicted octanol–water partition coefficient (Wildman–Crippen LogP) is 4.03. The van der Waals surface area contributed by atoms with E-state index in [1.807, 2.05) is 42.5 Å². The van der Waals surface area contributed by atoms with Crippen LogP contribution >= 0.6 is 11.6 Å². The maximum Gasteiger partial charge on any atom is 0.127 e. The first-order valence-electron chi connectivity index (χ1n) is 7.24. The van der Waals surface area contributed by atoms with Gasteiger partial charge in [0.05, 0.1) is 9.52 Å². The van der Waals surface area contributed by atoms with Crippen LogP contribution in [-0.4, -0.2) is 14.5 Å². The summed E-state index contributed by atoms with van der Waals surface area (Å²) in [5.41, 5.74) is 0. The Balaban J connectivity index is 1.89. The molecule has 0 heterocycles. The van der Waals surface area contributed by atoms with Crippen LogP contribution in [0.1, 0.15) is 26.2 Å². The number of unbranched alkanes of at least 4 members (excludes halogenated alkanes) is 1. The Morgan fingerprint density at radius 2 is 1.65 bits per heavy atom. The molecule has 0 fully saturated rings. The molecule has 106 valence electrons. The topological polar surface area (TPSA) is 9.23 Å². The van der Waals surface area contributed by atoms with Gasteiger partial charge in [0, 0.05) is 5.00 Å². The van der Waals surface area contributed by atoms with E-state index in [1.54, 1.807) is 0 Å². The lowest BCUT2D eigenvalue weighted by Gasteiger charge is -2.09. The number of hydrogen-bond acceptors (Lipinski definition) is 1. The summed E-state index contributed by atoms with van der Waals surface area (Å²) in [6.45, 7) is 2.21. The fourth-order valence-corrected chi connectivity index (χ4v) is 4.30. The summed E-state index contributed by atoms with van der Waals surface area (Å²) >= 11 is 6.39. The second kappa shape index (κ2) is 8.13. The molecule has 1 nitrogen and oxygen atoms in total. The van der Waals surface area contributed by atoms with E-state index in [-0.39, 0.29) is 9.52 Å². The maximum absolute atomic E-state index is 6.39. The van der Waals surface area contributed by atoms with E-state index >= 15 is 0 Å². The van der Waals surface area contributed by atoms with Crippen molar-refractivity contribution in [3.05, 3.63) is 54.6 Å². The van der Waals surface area contributed by atoms with Crippen molar-refractivity contribution in [1.82, 2.24) is 0 Å². The van der Waals surface area contributed by atoms with Crippen LogP contribution in [0.4, 0.5) is 0 Å². The summed E-state index contributed by atoms with van der Waals surface area (Å²) < 4.78 is 5.79. The Bertz CT molecular complexity index is 498. The molecule has 3 heteroatoms. The van der Waals surface area contributed by atoms with E-state index < -0.39 is 0 Å². The lowest BCUT2D eigenvalue weighted by Crippen LogP contribution is -2.23. The van der Waals surface area contributed by atoms with Crippen molar-refractivity contribution in [3.8, 4) is 11.5 Å². The van der Waals surface area contributed by atoms with Crippen molar-refractivity contribution in [2.45, 2.75) is 31.2 Å². The van der Waals surface area contributed by atoms with Gasteiger partial charge in [0.1, 0.15) is 11.5 Å². The molecule has 1 unspecified atom stereocenters. The SMILES string of the molecule is CCCCC(Cl)[SiH2]c1ccc(Oc2ccccc2)cc1. The number of rotatable bonds is 7. The van der Waals surface area contributed by atoms with E-state index in [0.29, 0.717) is 5.00 Å². The molecule has 0 N–H and O–H groups in total. The third kappa shape index (κ3) is 5.03. The Morgan fingerprint density at radius 1 is 1.00 bits per heavy atom. The van der Waals surface area contributed by atoms with Crippen LogP contribution in [0.25, 0.3) is 0 Å². The van der Waals surface area contributed by atoms with Crippen molar-refractivity contribution in [2.75, 3.05) is 0 Å². The number of ether oxygens (including phenoxy) is 1. The Hall–Kier alpha value is -1.25. The zero-order chi connectivity index (χ0) is 14.2. The third-order valence-electron chi connectivity index (χ3n) is 3.23. The van der Waals surface area contributed by atoms with Gasteiger partial charge in [-0.05, 0) is 30.7 Å². The highest BCUT2D eigenvalue weighted by Gasteiger charge is 2.06. The summed E-state index contributed by atoms with van der Waals surface area (Å²) in [6, 6.07) is 18.3. The highest BCUT2D eigenvalue weighted by Crippen LogP contribution is 2.19. The van der Waals surface area contributed by atoms with Crippen LogP contribution in [0, 0.1) is 0 Å². The van der Waals surface area contributed by atoms with Gasteiger partial charge < -0.3 is 4.74 Å². The number of para-hydroxylation sites is 1. The Kier molecular flexibility index (Phi) is 6.15. The molecule has 0 aliphatic rings. The average molecular weight is 305 g/mol. The summed E-state index contributed by atoms with van der Waals surface area (Å²) in [5.74, 6) is 1.75. The Morgan fingerprint density at radius 3 is 2.30 bits per heavy atom. The minimum absolute atomic E-state index is 0.371. The smallest absolute Gasteiger partial charge is 0.127 e. The van der Waals surface area contributed by atoms with E-state index in [9.17, 15) is 0 Å². The van der Waals surface area contributed by atoms with Crippen molar-refractivity contribution in [1.29, 1.82) is 0 Å². The minimum Gasteiger partial charge on any atom is -0.457 e. The number of halogens is 1. The van der Waals surface area contributed by atoms with Crippen LogP contribution in [0.2, 0.25) is 0 Å². The van der Waals surface area contributed by atoms with Gasteiger partial charge in [-0.25, -0.2) is 0 Å². The molecule has 20 heavy (non-hydrogen) atoms. The van der Waals surface area contributed by atoms with Crippen LogP contribution < -0.4 is 9.92 Å². The molecule has 0 saturated heterocycles. The van der Waals surface area contributed by atoms with Gasteiger partial charge in [-0.2, -0.15) is 0 Å². The first-order valence-corrected chi connectivity index (χ1v) is 9.20. The fourth-order valence-electron chi connectivity index (χ4n) is 2.10. The summed E-state index contributed by atoms with van der Waals surface area (Å²) in [5, 5.41) is 1.78. The lowest BCUT2D eigenvalue weighted by atomic mass is 10.3. The molecule has 2 rings (SSSR count). The van der Waals surface area contributed by atoms with Crippen LogP contribution in [0.15, 0.2) is 54.6 Å². The average Bonchev–Trinajstić information content (AvgIpc) is 2.48. The number of hydrogen-bond donors (Lipinski definition) is 0. The first kappa shape index (κ1) is 15.1. The monoisotopic (exact) mass is 304 g/mol. The quantitative estimate of drug-likeness (QED) is 0.554. The van der Waals surface area contributed by atoms with Gasteiger partial charge in [0.2, 0.25) is 0 Å². The first-order chi connectivity index (χ1) is 9.78. The highest BCUT2D eigenvalue weighted by atomic mass is 35.5. The molecule has 0 aliphatic carbocycles. The Labute approximate surface area is 128 Å². The molecule has 1 atom stereocenters. The predicted molar refractivity (Wildman–Crippen MR) is 90.3 cm³/mol. The normalized spacial score (nSPS) is 12.7. The molecular weight excluding hydrogens is 284 g/mol. The summed E-state index contributed by atoms with van der Waals surface area (Å²) in [7, 11) is -0.384. The lowest BCUT2D eigenvalue weighted by molar-refractivity contribution is 0.483. The zero-order valence-corrected chi connectivity index (χ0v) is 14.1. The zero-order valence-electron chi connectivity index (χ0n) is 11.9. The van der Waals surface area contributed by atoms with Crippen molar-refractivity contribution < 1.29 is 4.74 Å². The molecule has 0 bridgehead atoms. The van der Waals surface area contributed by atoms with Gasteiger partial charge in [-0.15, -0.1) is 11.6 Å². The number of alkyl halides is 1. The molecule has 0 amide bonds.